The fourth-order valence-corrected chi connectivity index (χ4v) is 1.41. The van der Waals surface area contributed by atoms with Crippen molar-refractivity contribution in [3.8, 4) is 0 Å². The summed E-state index contributed by atoms with van der Waals surface area (Å²) in [7, 11) is 0. The van der Waals surface area contributed by atoms with Gasteiger partial charge in [0, 0.05) is 32.2 Å². The summed E-state index contributed by atoms with van der Waals surface area (Å²) >= 11 is 0. The number of aliphatic hydroxyl groups is 2. The summed E-state index contributed by atoms with van der Waals surface area (Å²) in [5.41, 5.74) is 0. The summed E-state index contributed by atoms with van der Waals surface area (Å²) < 4.78 is 0. The lowest BCUT2D eigenvalue weighted by molar-refractivity contribution is 0.0831. The first-order valence-electron chi connectivity index (χ1n) is 4.05. The predicted octanol–water partition coefficient (Wildman–Crippen LogP) is -1.76. The first-order chi connectivity index (χ1) is 5.38. The molecule has 1 aliphatic rings. The Kier molecular flexibility index (Phi) is 3.79. The zero-order chi connectivity index (χ0) is 8.10. The minimum atomic E-state index is 0.174. The van der Waals surface area contributed by atoms with E-state index >= 15 is 0 Å². The molecule has 0 aromatic heterocycles. The van der Waals surface area contributed by atoms with Gasteiger partial charge in [0.25, 0.3) is 0 Å². The lowest BCUT2D eigenvalue weighted by Gasteiger charge is -2.34. The van der Waals surface area contributed by atoms with Crippen LogP contribution in [0, 0.1) is 0 Å². The molecule has 1 atom stereocenters. The summed E-state index contributed by atoms with van der Waals surface area (Å²) in [6, 6.07) is 0.191. The van der Waals surface area contributed by atoms with Crippen LogP contribution in [0.4, 0.5) is 0 Å². The number of nitrogens with zero attached hydrogens (tertiary/aromatic N) is 1. The van der Waals surface area contributed by atoms with E-state index in [1.54, 1.807) is 0 Å². The van der Waals surface area contributed by atoms with Crippen molar-refractivity contribution < 1.29 is 10.2 Å². The zero-order valence-electron chi connectivity index (χ0n) is 6.66. The fourth-order valence-electron chi connectivity index (χ4n) is 1.41. The molecule has 4 nitrogen and oxygen atoms in total. The molecule has 0 spiro atoms. The highest BCUT2D eigenvalue weighted by molar-refractivity contribution is 4.78. The number of rotatable bonds is 3. The second-order valence-electron chi connectivity index (χ2n) is 2.80. The van der Waals surface area contributed by atoms with E-state index in [9.17, 15) is 0 Å². The molecule has 0 aliphatic carbocycles. The van der Waals surface area contributed by atoms with Crippen LogP contribution in [0.2, 0.25) is 0 Å². The summed E-state index contributed by atoms with van der Waals surface area (Å²) in [6.07, 6.45) is 0. The Balaban J connectivity index is 2.31. The maximum absolute atomic E-state index is 8.92. The van der Waals surface area contributed by atoms with Gasteiger partial charge in [-0.2, -0.15) is 0 Å². The fraction of sp³-hybridized carbons (Fsp3) is 1.00. The molecular formula is C7H16N2O2. The third kappa shape index (κ3) is 2.41. The van der Waals surface area contributed by atoms with Crippen molar-refractivity contribution in [2.45, 2.75) is 6.04 Å². The number of nitrogens with one attached hydrogen (secondary N) is 1. The Morgan fingerprint density at radius 2 is 2.27 bits per heavy atom. The van der Waals surface area contributed by atoms with Crippen molar-refractivity contribution in [1.82, 2.24) is 10.2 Å². The van der Waals surface area contributed by atoms with Crippen LogP contribution in [0.5, 0.6) is 0 Å². The molecule has 0 aromatic carbocycles. The van der Waals surface area contributed by atoms with Crippen LogP contribution < -0.4 is 5.32 Å². The summed E-state index contributed by atoms with van der Waals surface area (Å²) in [6.45, 7) is 3.73. The highest BCUT2D eigenvalue weighted by Gasteiger charge is 2.19. The molecule has 1 saturated heterocycles. The van der Waals surface area contributed by atoms with Gasteiger partial charge in [0.1, 0.15) is 0 Å². The lowest BCUT2D eigenvalue weighted by atomic mass is 10.2. The van der Waals surface area contributed by atoms with Crippen molar-refractivity contribution in [3.63, 3.8) is 0 Å². The quantitative estimate of drug-likeness (QED) is 0.458. The molecule has 4 heteroatoms. The van der Waals surface area contributed by atoms with E-state index in [0.29, 0.717) is 6.54 Å². The molecule has 3 N–H and O–H groups in total. The molecule has 0 saturated carbocycles. The highest BCUT2D eigenvalue weighted by Crippen LogP contribution is 2.00. The normalized spacial score (nSPS) is 27.3. The van der Waals surface area contributed by atoms with E-state index in [1.165, 1.54) is 0 Å². The minimum Gasteiger partial charge on any atom is -0.395 e. The number of aliphatic hydroxyl groups excluding tert-OH is 2. The van der Waals surface area contributed by atoms with Crippen LogP contribution in [0.15, 0.2) is 0 Å². The van der Waals surface area contributed by atoms with E-state index in [1.807, 2.05) is 0 Å². The van der Waals surface area contributed by atoms with E-state index in [2.05, 4.69) is 10.2 Å². The van der Waals surface area contributed by atoms with Gasteiger partial charge in [-0.1, -0.05) is 0 Å². The lowest BCUT2D eigenvalue weighted by Crippen LogP contribution is -2.53. The first-order valence-corrected chi connectivity index (χ1v) is 4.05. The smallest absolute Gasteiger partial charge is 0.0599 e. The van der Waals surface area contributed by atoms with Gasteiger partial charge in [0.2, 0.25) is 0 Å². The second kappa shape index (κ2) is 4.66. The van der Waals surface area contributed by atoms with Crippen LogP contribution >= 0.6 is 0 Å². The molecule has 0 aromatic rings. The SMILES string of the molecule is OCCN1CCNCC1CO. The Bertz CT molecular complexity index is 109. The summed E-state index contributed by atoms with van der Waals surface area (Å²) in [5.74, 6) is 0. The zero-order valence-corrected chi connectivity index (χ0v) is 6.66. The molecule has 1 unspecified atom stereocenters. The van der Waals surface area contributed by atoms with Crippen LogP contribution in [0.3, 0.4) is 0 Å². The molecule has 0 bridgehead atoms. The van der Waals surface area contributed by atoms with E-state index in [4.69, 9.17) is 10.2 Å². The second-order valence-corrected chi connectivity index (χ2v) is 2.80. The Morgan fingerprint density at radius 1 is 1.45 bits per heavy atom. The van der Waals surface area contributed by atoms with Gasteiger partial charge in [-0.3, -0.25) is 4.90 Å². The van der Waals surface area contributed by atoms with Crippen molar-refractivity contribution in [2.24, 2.45) is 0 Å². The van der Waals surface area contributed by atoms with Gasteiger partial charge in [-0.25, -0.2) is 0 Å². The molecule has 0 amide bonds. The Hall–Kier alpha value is -0.160. The standard InChI is InChI=1S/C7H16N2O2/c10-4-3-9-2-1-8-5-7(9)6-11/h7-8,10-11H,1-6H2. The van der Waals surface area contributed by atoms with Gasteiger partial charge in [0.05, 0.1) is 13.2 Å². The number of hydrogen-bond donors (Lipinski definition) is 3. The number of piperazine rings is 1. The Labute approximate surface area is 66.8 Å². The van der Waals surface area contributed by atoms with Crippen LogP contribution in [0.1, 0.15) is 0 Å². The molecule has 1 heterocycles. The minimum absolute atomic E-state index is 0.174. The van der Waals surface area contributed by atoms with Crippen LogP contribution in [-0.4, -0.2) is 60.5 Å². The summed E-state index contributed by atoms with van der Waals surface area (Å²) in [4.78, 5) is 2.11. The molecule has 11 heavy (non-hydrogen) atoms. The molecule has 66 valence electrons. The largest absolute Gasteiger partial charge is 0.395 e. The van der Waals surface area contributed by atoms with Crippen molar-refractivity contribution in [3.05, 3.63) is 0 Å². The van der Waals surface area contributed by atoms with E-state index in [-0.39, 0.29) is 19.3 Å². The average molecular weight is 160 g/mol. The molecular weight excluding hydrogens is 144 g/mol. The van der Waals surface area contributed by atoms with Gasteiger partial charge < -0.3 is 15.5 Å². The van der Waals surface area contributed by atoms with Gasteiger partial charge in [-0.05, 0) is 0 Å². The van der Waals surface area contributed by atoms with Gasteiger partial charge in [0.15, 0.2) is 0 Å². The van der Waals surface area contributed by atoms with Crippen LogP contribution in [-0.2, 0) is 0 Å². The average Bonchev–Trinajstić information content (AvgIpc) is 2.06. The van der Waals surface area contributed by atoms with Crippen LogP contribution in [0.25, 0.3) is 0 Å². The topological polar surface area (TPSA) is 55.7 Å². The number of hydrogen-bond acceptors (Lipinski definition) is 4. The molecule has 0 radical (unpaired) electrons. The maximum atomic E-state index is 8.92. The Morgan fingerprint density at radius 3 is 2.91 bits per heavy atom. The van der Waals surface area contributed by atoms with Gasteiger partial charge >= 0.3 is 0 Å². The molecule has 1 fully saturated rings. The number of β-amino-alcohol motifs (C(OH)–C–C–N with tert-alkyl or cyclic N) is 1. The van der Waals surface area contributed by atoms with Crippen molar-refractivity contribution >= 4 is 0 Å². The molecule has 1 rings (SSSR count). The van der Waals surface area contributed by atoms with Crippen molar-refractivity contribution in [2.75, 3.05) is 39.4 Å². The highest BCUT2D eigenvalue weighted by atomic mass is 16.3. The summed E-state index contributed by atoms with van der Waals surface area (Å²) in [5, 5.41) is 20.8. The van der Waals surface area contributed by atoms with Crippen molar-refractivity contribution in [1.29, 1.82) is 0 Å². The van der Waals surface area contributed by atoms with E-state index in [0.717, 1.165) is 19.6 Å². The predicted molar refractivity (Wildman–Crippen MR) is 42.4 cm³/mol. The maximum Gasteiger partial charge on any atom is 0.0599 e. The third-order valence-electron chi connectivity index (χ3n) is 2.07. The third-order valence-corrected chi connectivity index (χ3v) is 2.07. The first kappa shape index (κ1) is 8.93. The molecule has 1 aliphatic heterocycles. The van der Waals surface area contributed by atoms with Gasteiger partial charge in [-0.15, -0.1) is 0 Å². The monoisotopic (exact) mass is 160 g/mol. The van der Waals surface area contributed by atoms with E-state index < -0.39 is 0 Å².